The number of carbonyl (C=O) groups is 2. The molecule has 138 valence electrons. The Bertz CT molecular complexity index is 938. The van der Waals surface area contributed by atoms with Crippen molar-refractivity contribution in [1.29, 1.82) is 5.26 Å². The van der Waals surface area contributed by atoms with Crippen molar-refractivity contribution in [2.75, 3.05) is 11.9 Å². The number of hydrogen-bond acceptors (Lipinski definition) is 4. The lowest BCUT2D eigenvalue weighted by Gasteiger charge is -2.17. The summed E-state index contributed by atoms with van der Waals surface area (Å²) >= 11 is 0. The normalized spacial score (nSPS) is 10.1. The molecule has 0 heterocycles. The average molecular weight is 370 g/mol. The van der Waals surface area contributed by atoms with Gasteiger partial charge in [0.05, 0.1) is 11.6 Å². The maximum atomic E-state index is 12.7. The standard InChI is InChI=1S/C23H18N2O3/c24-15-17-11-13-20(14-12-17)25-21(26)16-28-23(27)22(18-7-3-1-4-8-18)19-9-5-2-6-10-19/h1-14,22H,16H2,(H,25,26). The fraction of sp³-hybridized carbons (Fsp3) is 0.0870. The zero-order valence-electron chi connectivity index (χ0n) is 15.0. The molecule has 0 saturated heterocycles. The van der Waals surface area contributed by atoms with Gasteiger partial charge >= 0.3 is 5.97 Å². The molecule has 1 amide bonds. The lowest BCUT2D eigenvalue weighted by molar-refractivity contribution is -0.147. The summed E-state index contributed by atoms with van der Waals surface area (Å²) in [7, 11) is 0. The van der Waals surface area contributed by atoms with Gasteiger partial charge in [0.25, 0.3) is 5.91 Å². The van der Waals surface area contributed by atoms with Crippen LogP contribution in [0, 0.1) is 11.3 Å². The molecule has 0 bridgehead atoms. The minimum Gasteiger partial charge on any atom is -0.455 e. The number of rotatable bonds is 6. The van der Waals surface area contributed by atoms with Crippen LogP contribution in [0.1, 0.15) is 22.6 Å². The van der Waals surface area contributed by atoms with E-state index in [1.54, 1.807) is 24.3 Å². The topological polar surface area (TPSA) is 79.2 Å². The van der Waals surface area contributed by atoms with E-state index in [1.807, 2.05) is 66.7 Å². The van der Waals surface area contributed by atoms with Gasteiger partial charge in [-0.25, -0.2) is 0 Å². The van der Waals surface area contributed by atoms with Gasteiger partial charge in [0.2, 0.25) is 0 Å². The van der Waals surface area contributed by atoms with Gasteiger partial charge in [-0.15, -0.1) is 0 Å². The van der Waals surface area contributed by atoms with Gasteiger partial charge in [-0.3, -0.25) is 9.59 Å². The molecule has 0 radical (unpaired) electrons. The van der Waals surface area contributed by atoms with Gasteiger partial charge in [0.1, 0.15) is 5.92 Å². The number of nitrogens with one attached hydrogen (secondary N) is 1. The molecule has 5 heteroatoms. The number of esters is 1. The van der Waals surface area contributed by atoms with Crippen molar-refractivity contribution >= 4 is 17.6 Å². The Kier molecular flexibility index (Phi) is 6.17. The van der Waals surface area contributed by atoms with Crippen molar-refractivity contribution in [2.24, 2.45) is 0 Å². The Morgan fingerprint density at radius 3 is 1.89 bits per heavy atom. The van der Waals surface area contributed by atoms with Crippen LogP contribution in [0.15, 0.2) is 84.9 Å². The SMILES string of the molecule is N#Cc1ccc(NC(=O)COC(=O)C(c2ccccc2)c2ccccc2)cc1. The van der Waals surface area contributed by atoms with E-state index in [9.17, 15) is 9.59 Å². The van der Waals surface area contributed by atoms with E-state index in [2.05, 4.69) is 5.32 Å². The van der Waals surface area contributed by atoms with Crippen LogP contribution in [0.25, 0.3) is 0 Å². The molecule has 0 spiro atoms. The second-order valence-electron chi connectivity index (χ2n) is 6.10. The van der Waals surface area contributed by atoms with Gasteiger partial charge in [-0.05, 0) is 35.4 Å². The number of amides is 1. The molecule has 0 aromatic heterocycles. The minimum absolute atomic E-state index is 0.394. The van der Waals surface area contributed by atoms with Gasteiger partial charge in [-0.1, -0.05) is 60.7 Å². The van der Waals surface area contributed by atoms with E-state index in [4.69, 9.17) is 10.00 Å². The molecular weight excluding hydrogens is 352 g/mol. The monoisotopic (exact) mass is 370 g/mol. The highest BCUT2D eigenvalue weighted by atomic mass is 16.5. The molecule has 5 nitrogen and oxygen atoms in total. The van der Waals surface area contributed by atoms with Crippen molar-refractivity contribution in [2.45, 2.75) is 5.92 Å². The Hall–Kier alpha value is -3.91. The third-order valence-electron chi connectivity index (χ3n) is 4.14. The highest BCUT2D eigenvalue weighted by Crippen LogP contribution is 2.25. The van der Waals surface area contributed by atoms with Gasteiger partial charge in [-0.2, -0.15) is 5.26 Å². The highest BCUT2D eigenvalue weighted by molar-refractivity contribution is 5.93. The number of anilines is 1. The van der Waals surface area contributed by atoms with Gasteiger partial charge in [0.15, 0.2) is 6.61 Å². The quantitative estimate of drug-likeness (QED) is 0.668. The number of nitrogens with zero attached hydrogens (tertiary/aromatic N) is 1. The van der Waals surface area contributed by atoms with Crippen LogP contribution < -0.4 is 5.32 Å². The van der Waals surface area contributed by atoms with Crippen LogP contribution in [0.3, 0.4) is 0 Å². The largest absolute Gasteiger partial charge is 0.455 e. The van der Waals surface area contributed by atoms with Crippen LogP contribution in [-0.2, 0) is 14.3 Å². The fourth-order valence-electron chi connectivity index (χ4n) is 2.80. The molecule has 3 rings (SSSR count). The maximum absolute atomic E-state index is 12.7. The predicted octanol–water partition coefficient (Wildman–Crippen LogP) is 3.87. The molecule has 0 fully saturated rings. The third-order valence-corrected chi connectivity index (χ3v) is 4.14. The third kappa shape index (κ3) is 4.83. The van der Waals surface area contributed by atoms with Crippen LogP contribution in [0.4, 0.5) is 5.69 Å². The van der Waals surface area contributed by atoms with Crippen LogP contribution >= 0.6 is 0 Å². The van der Waals surface area contributed by atoms with Crippen molar-refractivity contribution in [3.63, 3.8) is 0 Å². The zero-order valence-corrected chi connectivity index (χ0v) is 15.0. The number of carbonyl (C=O) groups excluding carboxylic acids is 2. The molecule has 0 aliphatic rings. The van der Waals surface area contributed by atoms with Crippen LogP contribution in [0.2, 0.25) is 0 Å². The van der Waals surface area contributed by atoms with Crippen LogP contribution in [0.5, 0.6) is 0 Å². The minimum atomic E-state index is -0.606. The summed E-state index contributed by atoms with van der Waals surface area (Å²) in [6.07, 6.45) is 0. The Balaban J connectivity index is 1.66. The molecule has 0 atom stereocenters. The highest BCUT2D eigenvalue weighted by Gasteiger charge is 2.24. The first kappa shape index (κ1) is 18.9. The summed E-state index contributed by atoms with van der Waals surface area (Å²) in [5, 5.41) is 11.4. The lowest BCUT2D eigenvalue weighted by Crippen LogP contribution is -2.24. The molecule has 0 unspecified atom stereocenters. The Labute approximate surface area is 163 Å². The van der Waals surface area contributed by atoms with E-state index in [-0.39, 0.29) is 0 Å². The summed E-state index contributed by atoms with van der Waals surface area (Å²) in [5.41, 5.74) is 2.62. The Morgan fingerprint density at radius 2 is 1.39 bits per heavy atom. The van der Waals surface area contributed by atoms with Crippen molar-refractivity contribution in [1.82, 2.24) is 0 Å². The van der Waals surface area contributed by atoms with Crippen molar-refractivity contribution in [3.8, 4) is 6.07 Å². The van der Waals surface area contributed by atoms with Gasteiger partial charge in [0, 0.05) is 5.69 Å². The average Bonchev–Trinajstić information content (AvgIpc) is 2.74. The molecule has 0 aliphatic heterocycles. The van der Waals surface area contributed by atoms with Crippen molar-refractivity contribution < 1.29 is 14.3 Å². The summed E-state index contributed by atoms with van der Waals surface area (Å²) in [6.45, 7) is -0.394. The fourth-order valence-corrected chi connectivity index (χ4v) is 2.80. The smallest absolute Gasteiger partial charge is 0.318 e. The summed E-state index contributed by atoms with van der Waals surface area (Å²) in [4.78, 5) is 24.9. The second kappa shape index (κ2) is 9.15. The summed E-state index contributed by atoms with van der Waals surface area (Å²) in [5.74, 6) is -1.55. The maximum Gasteiger partial charge on any atom is 0.318 e. The van der Waals surface area contributed by atoms with E-state index in [0.29, 0.717) is 11.3 Å². The number of benzene rings is 3. The second-order valence-corrected chi connectivity index (χ2v) is 6.10. The van der Waals surface area contributed by atoms with E-state index in [0.717, 1.165) is 11.1 Å². The van der Waals surface area contributed by atoms with Gasteiger partial charge < -0.3 is 10.1 Å². The number of nitriles is 1. The lowest BCUT2D eigenvalue weighted by atomic mass is 9.91. The van der Waals surface area contributed by atoms with E-state index < -0.39 is 24.4 Å². The molecular formula is C23H18N2O3. The first-order valence-corrected chi connectivity index (χ1v) is 8.74. The number of hydrogen-bond donors (Lipinski definition) is 1. The molecule has 1 N–H and O–H groups in total. The van der Waals surface area contributed by atoms with E-state index in [1.165, 1.54) is 0 Å². The number of ether oxygens (including phenoxy) is 1. The molecule has 0 saturated carbocycles. The first-order chi connectivity index (χ1) is 13.7. The van der Waals surface area contributed by atoms with Crippen LogP contribution in [-0.4, -0.2) is 18.5 Å². The summed E-state index contributed by atoms with van der Waals surface area (Å²) in [6, 6.07) is 27.1. The molecule has 3 aromatic carbocycles. The van der Waals surface area contributed by atoms with Crippen molar-refractivity contribution in [3.05, 3.63) is 102 Å². The first-order valence-electron chi connectivity index (χ1n) is 8.74. The van der Waals surface area contributed by atoms with E-state index >= 15 is 0 Å². The Morgan fingerprint density at radius 1 is 0.857 bits per heavy atom. The molecule has 0 aliphatic carbocycles. The predicted molar refractivity (Wildman–Crippen MR) is 105 cm³/mol. The molecule has 28 heavy (non-hydrogen) atoms. The summed E-state index contributed by atoms with van der Waals surface area (Å²) < 4.78 is 5.29. The zero-order chi connectivity index (χ0) is 19.8. The molecule has 3 aromatic rings.